The maximum atomic E-state index is 6.69. The normalized spacial score (nSPS) is 17.4. The molecule has 46 heavy (non-hydrogen) atoms. The molecule has 1 heterocycles. The molecule has 1 aliphatic rings. The van der Waals surface area contributed by atoms with E-state index in [1.165, 1.54) is 0 Å². The van der Waals surface area contributed by atoms with Gasteiger partial charge in [-0.2, -0.15) is 0 Å². The lowest BCUT2D eigenvalue weighted by Gasteiger charge is -2.40. The highest BCUT2D eigenvalue weighted by Gasteiger charge is 2.42. The van der Waals surface area contributed by atoms with E-state index in [0.29, 0.717) is 39.6 Å². The van der Waals surface area contributed by atoms with Crippen molar-refractivity contribution in [2.75, 3.05) is 39.6 Å². The molecule has 0 spiro atoms. The van der Waals surface area contributed by atoms with Crippen molar-refractivity contribution >= 4 is 50.4 Å². The van der Waals surface area contributed by atoms with Gasteiger partial charge >= 0.3 is 17.1 Å². The van der Waals surface area contributed by atoms with E-state index in [-0.39, 0.29) is 11.7 Å². The first kappa shape index (κ1) is 42.4. The Bertz CT molecular complexity index is 927. The number of rotatable bonds is 21. The number of benzene rings is 1. The van der Waals surface area contributed by atoms with E-state index < -0.39 is 50.4 Å². The molecular weight excluding hydrogens is 681 g/mol. The molecule has 0 amide bonds. The highest BCUT2D eigenvalue weighted by atomic mass is 28.5. The summed E-state index contributed by atoms with van der Waals surface area (Å²) in [7, 11) is -11.5. The lowest BCUT2D eigenvalue weighted by atomic mass is 9.91. The smallest absolute Gasteiger partial charge is 0.314 e. The third-order valence-electron chi connectivity index (χ3n) is 6.90. The average Bonchev–Trinajstić information content (AvgIpc) is 2.84. The van der Waals surface area contributed by atoms with Crippen molar-refractivity contribution in [1.29, 1.82) is 0 Å². The van der Waals surface area contributed by atoms with Crippen molar-refractivity contribution in [2.45, 2.75) is 123 Å². The summed E-state index contributed by atoms with van der Waals surface area (Å²) in [5.74, 6) is 0. The van der Waals surface area contributed by atoms with Crippen LogP contribution in [-0.4, -0.2) is 90.0 Å². The Morgan fingerprint density at radius 1 is 0.565 bits per heavy atom. The van der Waals surface area contributed by atoms with E-state index >= 15 is 0 Å². The minimum atomic E-state index is -2.29. The summed E-state index contributed by atoms with van der Waals surface area (Å²) in [5, 5.41) is 0. The summed E-state index contributed by atoms with van der Waals surface area (Å²) in [6.07, 6.45) is 1.43. The minimum absolute atomic E-state index is 0.373. The summed E-state index contributed by atoms with van der Waals surface area (Å²) in [6.45, 7) is 34.8. The molecule has 14 heteroatoms. The predicted octanol–water partition coefficient (Wildman–Crippen LogP) is 9.08. The van der Waals surface area contributed by atoms with Gasteiger partial charge in [0.25, 0.3) is 0 Å². The molecule has 0 aromatic heterocycles. The van der Waals surface area contributed by atoms with Crippen LogP contribution < -0.4 is 0 Å². The van der Waals surface area contributed by atoms with Crippen molar-refractivity contribution in [3.8, 4) is 0 Å². The van der Waals surface area contributed by atoms with E-state index in [0.717, 1.165) is 30.5 Å². The third kappa shape index (κ3) is 17.7. The fraction of sp³-hybridized carbons (Fsp3) is 0.812. The molecule has 0 bridgehead atoms. The largest absolute Gasteiger partial charge is 0.437 e. The van der Waals surface area contributed by atoms with E-state index in [1.807, 2.05) is 30.3 Å². The van der Waals surface area contributed by atoms with E-state index in [4.69, 9.17) is 35.4 Å². The van der Waals surface area contributed by atoms with Gasteiger partial charge in [-0.3, -0.25) is 0 Å². The zero-order chi connectivity index (χ0) is 34.9. The first-order valence-electron chi connectivity index (χ1n) is 17.2. The predicted molar refractivity (Wildman–Crippen MR) is 205 cm³/mol. The molecule has 1 fully saturated rings. The molecule has 0 saturated carbocycles. The first-order chi connectivity index (χ1) is 20.9. The second kappa shape index (κ2) is 17.4. The van der Waals surface area contributed by atoms with Crippen molar-refractivity contribution in [3.63, 3.8) is 0 Å². The molecule has 0 radical (unpaired) electrons. The number of hydrogen-bond donors (Lipinski definition) is 0. The molecule has 1 saturated heterocycles. The third-order valence-corrected chi connectivity index (χ3v) is 26.1. The lowest BCUT2D eigenvalue weighted by molar-refractivity contribution is -0.254. The molecule has 0 unspecified atom stereocenters. The second-order valence-corrected chi connectivity index (χ2v) is 43.0. The van der Waals surface area contributed by atoms with Crippen LogP contribution in [0.15, 0.2) is 30.3 Å². The van der Waals surface area contributed by atoms with Crippen molar-refractivity contribution in [2.24, 2.45) is 5.41 Å². The maximum absolute atomic E-state index is 6.69. The SMILES string of the molecule is C[Si](C)(C)O[Si](C)(CCCOCC1(COCCC[Si](C)(O[Si](C)(C)C)O[Si](C)(C)C)COC(c2ccccc2)OC1)O[Si](C)(C)C. The molecular formula is C32H68O8Si6. The van der Waals surface area contributed by atoms with Gasteiger partial charge in [0.15, 0.2) is 39.6 Å². The molecule has 2 rings (SSSR count). The Labute approximate surface area is 288 Å². The molecule has 8 nitrogen and oxygen atoms in total. The Morgan fingerprint density at radius 2 is 0.913 bits per heavy atom. The number of hydrogen-bond acceptors (Lipinski definition) is 8. The topological polar surface area (TPSA) is 73.8 Å². The average molecular weight is 749 g/mol. The fourth-order valence-corrected chi connectivity index (χ4v) is 31.0. The maximum Gasteiger partial charge on any atom is 0.314 e. The fourth-order valence-electron chi connectivity index (χ4n) is 6.01. The molecule has 0 atom stereocenters. The van der Waals surface area contributed by atoms with Crippen molar-refractivity contribution in [1.82, 2.24) is 0 Å². The van der Waals surface area contributed by atoms with Gasteiger partial charge in [0, 0.05) is 18.8 Å². The van der Waals surface area contributed by atoms with Gasteiger partial charge in [-0.1, -0.05) is 30.3 Å². The monoisotopic (exact) mass is 748 g/mol. The quantitative estimate of drug-likeness (QED) is 0.0911. The van der Waals surface area contributed by atoms with Gasteiger partial charge < -0.3 is 35.4 Å². The molecule has 0 aliphatic carbocycles. The highest BCUT2D eigenvalue weighted by Crippen LogP contribution is 2.33. The van der Waals surface area contributed by atoms with E-state index in [1.54, 1.807) is 0 Å². The van der Waals surface area contributed by atoms with E-state index in [9.17, 15) is 0 Å². The summed E-state index contributed by atoms with van der Waals surface area (Å²) in [6, 6.07) is 12.0. The zero-order valence-corrected chi connectivity index (χ0v) is 37.8. The lowest BCUT2D eigenvalue weighted by Crippen LogP contribution is -2.52. The van der Waals surface area contributed by atoms with Crippen molar-refractivity contribution < 1.29 is 35.4 Å². The van der Waals surface area contributed by atoms with Gasteiger partial charge in [-0.05, 0) is 117 Å². The Morgan fingerprint density at radius 3 is 1.24 bits per heavy atom. The minimum Gasteiger partial charge on any atom is -0.437 e. The van der Waals surface area contributed by atoms with Crippen LogP contribution in [0.4, 0.5) is 0 Å². The Hall–Kier alpha value is 0.201. The van der Waals surface area contributed by atoms with Gasteiger partial charge in [0.1, 0.15) is 0 Å². The van der Waals surface area contributed by atoms with Crippen LogP contribution in [0.5, 0.6) is 0 Å². The van der Waals surface area contributed by atoms with Gasteiger partial charge in [-0.15, -0.1) is 0 Å². The summed E-state index contributed by atoms with van der Waals surface area (Å²) < 4.78 is 52.1. The Kier molecular flexibility index (Phi) is 16.0. The van der Waals surface area contributed by atoms with Crippen molar-refractivity contribution in [3.05, 3.63) is 35.9 Å². The summed E-state index contributed by atoms with van der Waals surface area (Å²) in [5.41, 5.74) is 0.654. The number of ether oxygens (including phenoxy) is 4. The zero-order valence-electron chi connectivity index (χ0n) is 31.8. The molecule has 0 N–H and O–H groups in total. The first-order valence-corrected chi connectivity index (χ1v) is 35.8. The van der Waals surface area contributed by atoms with Gasteiger partial charge in [0.05, 0.1) is 31.8 Å². The van der Waals surface area contributed by atoms with Gasteiger partial charge in [-0.25, -0.2) is 0 Å². The summed E-state index contributed by atoms with van der Waals surface area (Å²) >= 11 is 0. The van der Waals surface area contributed by atoms with Gasteiger partial charge in [0.2, 0.25) is 0 Å². The van der Waals surface area contributed by atoms with Crippen LogP contribution in [0.2, 0.25) is 104 Å². The standard InChI is InChI=1S/C32H68O8Si6/c1-41(2,3)37-45(13,38-42(4,5)6)24-18-22-33-26-32(28-35-31(36-29-32)30-20-16-15-17-21-30)27-34-23-19-25-46(14,39-43(7,8)9)40-44(10,11)12/h15-17,20-21,31H,18-19,22-29H2,1-14H3. The molecule has 268 valence electrons. The molecule has 1 aliphatic heterocycles. The van der Waals surface area contributed by atoms with Crippen LogP contribution in [0.3, 0.4) is 0 Å². The van der Waals surface area contributed by atoms with E-state index in [2.05, 4.69) is 91.7 Å². The molecule has 1 aromatic carbocycles. The van der Waals surface area contributed by atoms with Crippen LogP contribution in [0.25, 0.3) is 0 Å². The van der Waals surface area contributed by atoms with Crippen LogP contribution in [-0.2, 0) is 35.4 Å². The highest BCUT2D eigenvalue weighted by molar-refractivity contribution is 6.88. The van der Waals surface area contributed by atoms with Crippen LogP contribution in [0, 0.1) is 5.41 Å². The van der Waals surface area contributed by atoms with Crippen LogP contribution >= 0.6 is 0 Å². The second-order valence-electron chi connectivity index (χ2n) is 17.3. The molecule has 1 aromatic rings. The van der Waals surface area contributed by atoms with Crippen LogP contribution in [0.1, 0.15) is 24.7 Å². The summed E-state index contributed by atoms with van der Waals surface area (Å²) in [4.78, 5) is 0. The Balaban J connectivity index is 2.00.